The number of amides is 1. The van der Waals surface area contributed by atoms with Crippen LogP contribution in [0.4, 0.5) is 5.69 Å². The van der Waals surface area contributed by atoms with Gasteiger partial charge in [0.15, 0.2) is 0 Å². The quantitative estimate of drug-likeness (QED) is 0.796. The lowest BCUT2D eigenvalue weighted by Crippen LogP contribution is -2.14. The molecule has 1 N–H and O–H groups in total. The number of benzene rings is 2. The SMILES string of the molecule is O=C(Nc1ccccc1Cn1ccnc1)c1cccc(Cl)c1. The smallest absolute Gasteiger partial charge is 0.255 e. The van der Waals surface area contributed by atoms with Crippen molar-refractivity contribution in [3.8, 4) is 0 Å². The molecule has 0 radical (unpaired) electrons. The molecular weight excluding hydrogens is 298 g/mol. The summed E-state index contributed by atoms with van der Waals surface area (Å²) in [6, 6.07) is 14.6. The highest BCUT2D eigenvalue weighted by molar-refractivity contribution is 6.31. The number of carbonyl (C=O) groups excluding carboxylic acids is 1. The van der Waals surface area contributed by atoms with Crippen LogP contribution in [0.5, 0.6) is 0 Å². The van der Waals surface area contributed by atoms with Gasteiger partial charge in [0.25, 0.3) is 5.91 Å². The average molecular weight is 312 g/mol. The number of aromatic nitrogens is 2. The Morgan fingerprint density at radius 1 is 1.18 bits per heavy atom. The molecule has 22 heavy (non-hydrogen) atoms. The van der Waals surface area contributed by atoms with Crippen molar-refractivity contribution in [2.24, 2.45) is 0 Å². The van der Waals surface area contributed by atoms with Gasteiger partial charge in [-0.05, 0) is 29.8 Å². The van der Waals surface area contributed by atoms with Crippen LogP contribution < -0.4 is 5.32 Å². The molecule has 0 atom stereocenters. The van der Waals surface area contributed by atoms with Gasteiger partial charge in [0.2, 0.25) is 0 Å². The Bertz CT molecular complexity index is 784. The molecular formula is C17H14ClN3O. The lowest BCUT2D eigenvalue weighted by molar-refractivity contribution is 0.102. The summed E-state index contributed by atoms with van der Waals surface area (Å²) in [5.41, 5.74) is 2.32. The van der Waals surface area contributed by atoms with Crippen LogP contribution in [0, 0.1) is 0 Å². The zero-order chi connectivity index (χ0) is 15.4. The lowest BCUT2D eigenvalue weighted by Gasteiger charge is -2.11. The van der Waals surface area contributed by atoms with Crippen molar-refractivity contribution in [1.82, 2.24) is 9.55 Å². The molecule has 0 aliphatic rings. The van der Waals surface area contributed by atoms with Crippen molar-refractivity contribution in [2.45, 2.75) is 6.54 Å². The summed E-state index contributed by atoms with van der Waals surface area (Å²) >= 11 is 5.93. The van der Waals surface area contributed by atoms with E-state index in [1.165, 1.54) is 0 Å². The summed E-state index contributed by atoms with van der Waals surface area (Å²) in [4.78, 5) is 16.4. The fraction of sp³-hybridized carbons (Fsp3) is 0.0588. The van der Waals surface area contributed by atoms with E-state index >= 15 is 0 Å². The molecule has 0 saturated carbocycles. The van der Waals surface area contributed by atoms with Gasteiger partial charge in [-0.15, -0.1) is 0 Å². The lowest BCUT2D eigenvalue weighted by atomic mass is 10.1. The Labute approximate surface area is 133 Å². The van der Waals surface area contributed by atoms with E-state index in [4.69, 9.17) is 11.6 Å². The largest absolute Gasteiger partial charge is 0.333 e. The van der Waals surface area contributed by atoms with E-state index in [-0.39, 0.29) is 5.91 Å². The standard InChI is InChI=1S/C17H14ClN3O/c18-15-6-3-5-13(10-15)17(22)20-16-7-2-1-4-14(16)11-21-9-8-19-12-21/h1-10,12H,11H2,(H,20,22). The minimum absolute atomic E-state index is 0.180. The van der Waals surface area contributed by atoms with Gasteiger partial charge in [0.1, 0.15) is 0 Å². The van der Waals surface area contributed by atoms with Crippen LogP contribution in [-0.4, -0.2) is 15.5 Å². The first-order valence-electron chi connectivity index (χ1n) is 6.83. The molecule has 1 aromatic heterocycles. The molecule has 0 bridgehead atoms. The monoisotopic (exact) mass is 311 g/mol. The first-order valence-corrected chi connectivity index (χ1v) is 7.21. The Morgan fingerprint density at radius 3 is 2.82 bits per heavy atom. The fourth-order valence-electron chi connectivity index (χ4n) is 2.18. The summed E-state index contributed by atoms with van der Waals surface area (Å²) in [6.45, 7) is 0.645. The molecule has 1 heterocycles. The maximum Gasteiger partial charge on any atom is 0.255 e. The summed E-state index contributed by atoms with van der Waals surface area (Å²) in [5.74, 6) is -0.180. The van der Waals surface area contributed by atoms with Crippen molar-refractivity contribution in [3.05, 3.63) is 83.4 Å². The molecule has 0 aliphatic heterocycles. The molecule has 4 nitrogen and oxygen atoms in total. The number of nitrogens with zero attached hydrogens (tertiary/aromatic N) is 2. The number of anilines is 1. The summed E-state index contributed by atoms with van der Waals surface area (Å²) in [6.07, 6.45) is 5.36. The molecule has 0 unspecified atom stereocenters. The number of halogens is 1. The molecule has 2 aromatic carbocycles. The van der Waals surface area contributed by atoms with E-state index in [1.54, 1.807) is 36.8 Å². The molecule has 3 aromatic rings. The summed E-state index contributed by atoms with van der Waals surface area (Å²) in [5, 5.41) is 3.48. The van der Waals surface area contributed by atoms with E-state index < -0.39 is 0 Å². The maximum absolute atomic E-state index is 12.3. The predicted molar refractivity (Wildman–Crippen MR) is 87.2 cm³/mol. The highest BCUT2D eigenvalue weighted by Crippen LogP contribution is 2.18. The Hall–Kier alpha value is -2.59. The molecule has 0 spiro atoms. The Balaban J connectivity index is 1.81. The van der Waals surface area contributed by atoms with E-state index in [9.17, 15) is 4.79 Å². The second kappa shape index (κ2) is 6.45. The molecule has 5 heteroatoms. The predicted octanol–water partition coefficient (Wildman–Crippen LogP) is 3.84. The number of para-hydroxylation sites is 1. The summed E-state index contributed by atoms with van der Waals surface area (Å²) < 4.78 is 1.95. The third-order valence-corrected chi connectivity index (χ3v) is 3.50. The number of carbonyl (C=O) groups is 1. The number of rotatable bonds is 4. The van der Waals surface area contributed by atoms with Crippen LogP contribution in [0.1, 0.15) is 15.9 Å². The topological polar surface area (TPSA) is 46.9 Å². The van der Waals surface area contributed by atoms with Gasteiger partial charge in [0.05, 0.1) is 12.9 Å². The van der Waals surface area contributed by atoms with Crippen LogP contribution >= 0.6 is 11.6 Å². The van der Waals surface area contributed by atoms with Crippen molar-refractivity contribution in [3.63, 3.8) is 0 Å². The van der Waals surface area contributed by atoms with Gasteiger partial charge in [0, 0.05) is 28.7 Å². The first-order chi connectivity index (χ1) is 10.7. The van der Waals surface area contributed by atoms with Crippen molar-refractivity contribution >= 4 is 23.2 Å². The third kappa shape index (κ3) is 3.35. The van der Waals surface area contributed by atoms with Gasteiger partial charge in [-0.2, -0.15) is 0 Å². The van der Waals surface area contributed by atoms with Crippen LogP contribution in [-0.2, 0) is 6.54 Å². The zero-order valence-corrected chi connectivity index (χ0v) is 12.5. The first kappa shape index (κ1) is 14.4. The molecule has 0 saturated heterocycles. The minimum atomic E-state index is -0.180. The number of nitrogens with one attached hydrogen (secondary N) is 1. The van der Waals surface area contributed by atoms with Gasteiger partial charge in [-0.1, -0.05) is 35.9 Å². The fourth-order valence-corrected chi connectivity index (χ4v) is 2.37. The van der Waals surface area contributed by atoms with Gasteiger partial charge < -0.3 is 9.88 Å². The number of hydrogen-bond acceptors (Lipinski definition) is 2. The van der Waals surface area contributed by atoms with Crippen LogP contribution in [0.25, 0.3) is 0 Å². The summed E-state index contributed by atoms with van der Waals surface area (Å²) in [7, 11) is 0. The molecule has 110 valence electrons. The van der Waals surface area contributed by atoms with Gasteiger partial charge in [-0.3, -0.25) is 4.79 Å². The average Bonchev–Trinajstić information content (AvgIpc) is 3.02. The molecule has 3 rings (SSSR count). The molecule has 0 aliphatic carbocycles. The Morgan fingerprint density at radius 2 is 2.05 bits per heavy atom. The van der Waals surface area contributed by atoms with Crippen LogP contribution in [0.15, 0.2) is 67.3 Å². The van der Waals surface area contributed by atoms with Crippen molar-refractivity contribution < 1.29 is 4.79 Å². The maximum atomic E-state index is 12.3. The second-order valence-electron chi connectivity index (χ2n) is 4.86. The van der Waals surface area contributed by atoms with Crippen LogP contribution in [0.2, 0.25) is 5.02 Å². The van der Waals surface area contributed by atoms with Crippen molar-refractivity contribution in [2.75, 3.05) is 5.32 Å². The highest BCUT2D eigenvalue weighted by Gasteiger charge is 2.09. The Kier molecular flexibility index (Phi) is 4.21. The van der Waals surface area contributed by atoms with E-state index in [2.05, 4.69) is 10.3 Å². The van der Waals surface area contributed by atoms with E-state index in [0.29, 0.717) is 17.1 Å². The molecule has 0 fully saturated rings. The van der Waals surface area contributed by atoms with Crippen molar-refractivity contribution in [1.29, 1.82) is 0 Å². The minimum Gasteiger partial charge on any atom is -0.333 e. The number of hydrogen-bond donors (Lipinski definition) is 1. The normalized spacial score (nSPS) is 10.4. The van der Waals surface area contributed by atoms with Gasteiger partial charge >= 0.3 is 0 Å². The van der Waals surface area contributed by atoms with E-state index in [1.807, 2.05) is 35.0 Å². The van der Waals surface area contributed by atoms with Gasteiger partial charge in [-0.25, -0.2) is 4.98 Å². The van der Waals surface area contributed by atoms with Crippen LogP contribution in [0.3, 0.4) is 0 Å². The number of imidazole rings is 1. The second-order valence-corrected chi connectivity index (χ2v) is 5.29. The highest BCUT2D eigenvalue weighted by atomic mass is 35.5. The molecule has 1 amide bonds. The zero-order valence-electron chi connectivity index (χ0n) is 11.7. The van der Waals surface area contributed by atoms with E-state index in [0.717, 1.165) is 11.3 Å². The third-order valence-electron chi connectivity index (χ3n) is 3.26.